The summed E-state index contributed by atoms with van der Waals surface area (Å²) in [6.07, 6.45) is 3.40. The molecule has 1 heterocycles. The fraction of sp³-hybridized carbons (Fsp3) is 0.636. The van der Waals surface area contributed by atoms with Crippen LogP contribution in [0.15, 0.2) is 35.3 Å². The Morgan fingerprint density at radius 2 is 1.93 bits per heavy atom. The summed E-state index contributed by atoms with van der Waals surface area (Å²) < 4.78 is 5.76. The standard InChI is InChI=1S/C22H35N5O2/c1-23-22(25(2)17-18-29-20-9-4-3-5-10-20)24-11-12-26-13-15-27(16-14-26)21(28)19-7-6-8-19/h3-5,9-10,19H,6-8,11-18H2,1-2H3,(H,23,24). The smallest absolute Gasteiger partial charge is 0.225 e. The lowest BCUT2D eigenvalue weighted by Gasteiger charge is -2.38. The number of benzene rings is 1. The van der Waals surface area contributed by atoms with Gasteiger partial charge in [0, 0.05) is 59.3 Å². The summed E-state index contributed by atoms with van der Waals surface area (Å²) >= 11 is 0. The number of rotatable bonds is 8. The van der Waals surface area contributed by atoms with Gasteiger partial charge in [0.1, 0.15) is 12.4 Å². The van der Waals surface area contributed by atoms with Crippen LogP contribution in [0.4, 0.5) is 0 Å². The van der Waals surface area contributed by atoms with Gasteiger partial charge in [0.05, 0.1) is 6.54 Å². The van der Waals surface area contributed by atoms with Gasteiger partial charge in [-0.15, -0.1) is 0 Å². The highest BCUT2D eigenvalue weighted by molar-refractivity contribution is 5.80. The molecule has 1 aromatic rings. The lowest BCUT2D eigenvalue weighted by molar-refractivity contribution is -0.139. The zero-order chi connectivity index (χ0) is 20.5. The molecule has 1 aliphatic heterocycles. The highest BCUT2D eigenvalue weighted by Gasteiger charge is 2.30. The number of piperazine rings is 1. The number of hydrogen-bond acceptors (Lipinski definition) is 4. The normalized spacial score (nSPS) is 18.3. The minimum atomic E-state index is 0.313. The topological polar surface area (TPSA) is 60.4 Å². The number of para-hydroxylation sites is 1. The Bertz CT molecular complexity index is 654. The average molecular weight is 402 g/mol. The number of hydrogen-bond donors (Lipinski definition) is 1. The molecule has 1 saturated heterocycles. The van der Waals surface area contributed by atoms with Gasteiger partial charge in [0.15, 0.2) is 5.96 Å². The van der Waals surface area contributed by atoms with Crippen LogP contribution in [0.5, 0.6) is 5.75 Å². The van der Waals surface area contributed by atoms with E-state index in [0.29, 0.717) is 18.4 Å². The second-order valence-corrected chi connectivity index (χ2v) is 7.85. The van der Waals surface area contributed by atoms with Gasteiger partial charge in [-0.3, -0.25) is 14.7 Å². The van der Waals surface area contributed by atoms with E-state index in [9.17, 15) is 4.79 Å². The first-order valence-electron chi connectivity index (χ1n) is 10.8. The molecule has 0 aromatic heterocycles. The largest absolute Gasteiger partial charge is 0.492 e. The van der Waals surface area contributed by atoms with Crippen molar-refractivity contribution in [2.24, 2.45) is 10.9 Å². The predicted molar refractivity (Wildman–Crippen MR) is 116 cm³/mol. The van der Waals surface area contributed by atoms with E-state index in [2.05, 4.69) is 25.0 Å². The Morgan fingerprint density at radius 1 is 1.21 bits per heavy atom. The summed E-state index contributed by atoms with van der Waals surface area (Å²) in [5.41, 5.74) is 0. The number of nitrogens with zero attached hydrogens (tertiary/aromatic N) is 4. The van der Waals surface area contributed by atoms with E-state index in [4.69, 9.17) is 4.74 Å². The van der Waals surface area contributed by atoms with E-state index in [1.165, 1.54) is 6.42 Å². The molecule has 0 unspecified atom stereocenters. The lowest BCUT2D eigenvalue weighted by atomic mass is 9.84. The molecule has 2 aliphatic rings. The Labute approximate surface area is 174 Å². The Kier molecular flexibility index (Phi) is 8.16. The third-order valence-corrected chi connectivity index (χ3v) is 5.86. The van der Waals surface area contributed by atoms with Crippen molar-refractivity contribution in [3.63, 3.8) is 0 Å². The summed E-state index contributed by atoms with van der Waals surface area (Å²) in [6, 6.07) is 9.86. The fourth-order valence-electron chi connectivity index (χ4n) is 3.74. The molecule has 1 N–H and O–H groups in total. The molecule has 7 heteroatoms. The molecular weight excluding hydrogens is 366 g/mol. The molecule has 0 spiro atoms. The number of ether oxygens (including phenoxy) is 1. The number of aliphatic imine (C=N–C) groups is 1. The summed E-state index contributed by atoms with van der Waals surface area (Å²) in [5, 5.41) is 3.43. The molecule has 0 bridgehead atoms. The fourth-order valence-corrected chi connectivity index (χ4v) is 3.74. The van der Waals surface area contributed by atoms with Gasteiger partial charge in [0.25, 0.3) is 0 Å². The van der Waals surface area contributed by atoms with E-state index >= 15 is 0 Å². The zero-order valence-electron chi connectivity index (χ0n) is 17.8. The van der Waals surface area contributed by atoms with Crippen LogP contribution in [0.2, 0.25) is 0 Å². The summed E-state index contributed by atoms with van der Waals surface area (Å²) in [4.78, 5) is 23.3. The van der Waals surface area contributed by atoms with Crippen LogP contribution in [0, 0.1) is 5.92 Å². The molecule has 1 saturated carbocycles. The monoisotopic (exact) mass is 401 g/mol. The third-order valence-electron chi connectivity index (χ3n) is 5.86. The SMILES string of the molecule is CN=C(NCCN1CCN(C(=O)C2CCC2)CC1)N(C)CCOc1ccccc1. The first kappa shape index (κ1) is 21.4. The van der Waals surface area contributed by atoms with Crippen LogP contribution < -0.4 is 10.1 Å². The molecule has 29 heavy (non-hydrogen) atoms. The quantitative estimate of drug-likeness (QED) is 0.529. The first-order chi connectivity index (χ1) is 14.2. The van der Waals surface area contributed by atoms with Crippen LogP contribution in [0.25, 0.3) is 0 Å². The van der Waals surface area contributed by atoms with Crippen molar-refractivity contribution in [1.29, 1.82) is 0 Å². The predicted octanol–water partition coefficient (Wildman–Crippen LogP) is 1.52. The first-order valence-corrected chi connectivity index (χ1v) is 10.8. The van der Waals surface area contributed by atoms with E-state index in [0.717, 1.165) is 70.4 Å². The van der Waals surface area contributed by atoms with Crippen molar-refractivity contribution >= 4 is 11.9 Å². The Morgan fingerprint density at radius 3 is 2.55 bits per heavy atom. The van der Waals surface area contributed by atoms with E-state index in [1.54, 1.807) is 0 Å². The highest BCUT2D eigenvalue weighted by atomic mass is 16.5. The molecule has 0 atom stereocenters. The average Bonchev–Trinajstić information content (AvgIpc) is 2.71. The second kappa shape index (κ2) is 11.0. The molecule has 2 fully saturated rings. The highest BCUT2D eigenvalue weighted by Crippen LogP contribution is 2.28. The molecule has 0 radical (unpaired) electrons. The Balaban J connectivity index is 1.30. The van der Waals surface area contributed by atoms with Crippen molar-refractivity contribution in [3.05, 3.63) is 30.3 Å². The van der Waals surface area contributed by atoms with Gasteiger partial charge in [-0.1, -0.05) is 24.6 Å². The third kappa shape index (κ3) is 6.35. The number of guanidine groups is 1. The molecule has 7 nitrogen and oxygen atoms in total. The minimum absolute atomic E-state index is 0.313. The maximum Gasteiger partial charge on any atom is 0.225 e. The lowest BCUT2D eigenvalue weighted by Crippen LogP contribution is -2.52. The van der Waals surface area contributed by atoms with Crippen molar-refractivity contribution in [2.45, 2.75) is 19.3 Å². The molecule has 160 valence electrons. The summed E-state index contributed by atoms with van der Waals surface area (Å²) in [5.74, 6) is 2.46. The van der Waals surface area contributed by atoms with Crippen LogP contribution in [-0.4, -0.2) is 93.1 Å². The second-order valence-electron chi connectivity index (χ2n) is 7.85. The number of likely N-dealkylation sites (N-methyl/N-ethyl adjacent to an activating group) is 1. The number of carbonyl (C=O) groups is 1. The number of amides is 1. The van der Waals surface area contributed by atoms with Crippen LogP contribution >= 0.6 is 0 Å². The molecule has 1 amide bonds. The number of carbonyl (C=O) groups excluding carboxylic acids is 1. The Hall–Kier alpha value is -2.28. The van der Waals surface area contributed by atoms with Crippen LogP contribution in [0.1, 0.15) is 19.3 Å². The maximum absolute atomic E-state index is 12.3. The van der Waals surface area contributed by atoms with E-state index in [-0.39, 0.29) is 0 Å². The summed E-state index contributed by atoms with van der Waals surface area (Å²) in [7, 11) is 3.83. The van der Waals surface area contributed by atoms with Gasteiger partial charge in [-0.05, 0) is 25.0 Å². The zero-order valence-corrected chi connectivity index (χ0v) is 17.8. The minimum Gasteiger partial charge on any atom is -0.492 e. The molecule has 1 aromatic carbocycles. The summed E-state index contributed by atoms with van der Waals surface area (Å²) in [6.45, 7) is 6.81. The molecular formula is C22H35N5O2. The van der Waals surface area contributed by atoms with Crippen molar-refractivity contribution in [3.8, 4) is 5.75 Å². The molecule has 3 rings (SSSR count). The molecule has 1 aliphatic carbocycles. The maximum atomic E-state index is 12.3. The van der Waals surface area contributed by atoms with Crippen molar-refractivity contribution in [2.75, 3.05) is 66.5 Å². The van der Waals surface area contributed by atoms with Crippen molar-refractivity contribution < 1.29 is 9.53 Å². The number of nitrogens with one attached hydrogen (secondary N) is 1. The van der Waals surface area contributed by atoms with Crippen LogP contribution in [-0.2, 0) is 4.79 Å². The van der Waals surface area contributed by atoms with Gasteiger partial charge in [-0.2, -0.15) is 0 Å². The van der Waals surface area contributed by atoms with E-state index in [1.807, 2.05) is 44.4 Å². The van der Waals surface area contributed by atoms with Gasteiger partial charge >= 0.3 is 0 Å². The van der Waals surface area contributed by atoms with Gasteiger partial charge < -0.3 is 19.9 Å². The van der Waals surface area contributed by atoms with Crippen LogP contribution in [0.3, 0.4) is 0 Å². The van der Waals surface area contributed by atoms with E-state index < -0.39 is 0 Å². The van der Waals surface area contributed by atoms with Crippen molar-refractivity contribution in [1.82, 2.24) is 20.0 Å². The van der Waals surface area contributed by atoms with Gasteiger partial charge in [-0.25, -0.2) is 0 Å². The van der Waals surface area contributed by atoms with Gasteiger partial charge in [0.2, 0.25) is 5.91 Å².